The lowest BCUT2D eigenvalue weighted by atomic mass is 10.0. The second kappa shape index (κ2) is 7.72. The van der Waals surface area contributed by atoms with Gasteiger partial charge < -0.3 is 4.52 Å². The first-order valence-electron chi connectivity index (χ1n) is 8.45. The van der Waals surface area contributed by atoms with Crippen molar-refractivity contribution in [2.45, 2.75) is 38.9 Å². The number of aromatic nitrogens is 2. The predicted octanol–water partition coefficient (Wildman–Crippen LogP) is 2.49. The Hall–Kier alpha value is -2.30. The Morgan fingerprint density at radius 3 is 3.04 bits per heavy atom. The maximum atomic E-state index is 13.3. The molecule has 2 aromatic rings. The maximum Gasteiger partial charge on any atom is 0.223 e. The number of hydrogen-bond donors (Lipinski definition) is 0. The molecule has 6 nitrogen and oxygen atoms in total. The van der Waals surface area contributed by atoms with Crippen LogP contribution in [0.25, 0.3) is 0 Å². The standard InChI is InChI=1S/C18H22FN5O/c1-13-21-18(22-25-13)12-24-7-3-4-17(11-24)23(2)10-14-5-6-16(19)8-15(14)9-20/h5-6,8,17H,3-4,7,10-12H2,1-2H3. The van der Waals surface area contributed by atoms with E-state index < -0.39 is 0 Å². The van der Waals surface area contributed by atoms with Crippen LogP contribution in [0.3, 0.4) is 0 Å². The summed E-state index contributed by atoms with van der Waals surface area (Å²) in [5.41, 5.74) is 1.26. The fourth-order valence-corrected chi connectivity index (χ4v) is 3.33. The van der Waals surface area contributed by atoms with Gasteiger partial charge in [-0.1, -0.05) is 11.2 Å². The first-order valence-corrected chi connectivity index (χ1v) is 8.45. The van der Waals surface area contributed by atoms with E-state index in [1.807, 2.05) is 0 Å². The Morgan fingerprint density at radius 2 is 2.32 bits per heavy atom. The number of likely N-dealkylation sites (tertiary alicyclic amines) is 1. The van der Waals surface area contributed by atoms with Crippen molar-refractivity contribution in [3.05, 3.63) is 46.9 Å². The van der Waals surface area contributed by atoms with Gasteiger partial charge >= 0.3 is 0 Å². The minimum absolute atomic E-state index is 0.373. The number of benzene rings is 1. The quantitative estimate of drug-likeness (QED) is 0.831. The number of hydrogen-bond acceptors (Lipinski definition) is 6. The van der Waals surface area contributed by atoms with Crippen LogP contribution in [0.5, 0.6) is 0 Å². The first-order chi connectivity index (χ1) is 12.0. The molecule has 7 heteroatoms. The Morgan fingerprint density at radius 1 is 1.48 bits per heavy atom. The van der Waals surface area contributed by atoms with Crippen LogP contribution >= 0.6 is 0 Å². The third-order valence-electron chi connectivity index (χ3n) is 4.65. The molecular weight excluding hydrogens is 321 g/mol. The van der Waals surface area contributed by atoms with Crippen LogP contribution in [0.15, 0.2) is 22.7 Å². The summed E-state index contributed by atoms with van der Waals surface area (Å²) in [5.74, 6) is 0.925. The molecule has 1 fully saturated rings. The molecule has 0 N–H and O–H groups in total. The van der Waals surface area contributed by atoms with E-state index in [4.69, 9.17) is 4.52 Å². The van der Waals surface area contributed by atoms with Gasteiger partial charge in [0.2, 0.25) is 5.89 Å². The number of piperidine rings is 1. The van der Waals surface area contributed by atoms with Crippen LogP contribution in [0, 0.1) is 24.1 Å². The Balaban J connectivity index is 1.62. The van der Waals surface area contributed by atoms with Gasteiger partial charge in [0.1, 0.15) is 5.82 Å². The molecule has 0 radical (unpaired) electrons. The second-order valence-corrected chi connectivity index (χ2v) is 6.59. The smallest absolute Gasteiger partial charge is 0.223 e. The third kappa shape index (κ3) is 4.41. The summed E-state index contributed by atoms with van der Waals surface area (Å²) in [6, 6.07) is 6.87. The topological polar surface area (TPSA) is 69.2 Å². The van der Waals surface area contributed by atoms with E-state index in [1.165, 1.54) is 12.1 Å². The van der Waals surface area contributed by atoms with Crippen molar-refractivity contribution in [2.75, 3.05) is 20.1 Å². The first kappa shape index (κ1) is 17.5. The zero-order valence-corrected chi connectivity index (χ0v) is 14.6. The average Bonchev–Trinajstić information content (AvgIpc) is 3.01. The fourth-order valence-electron chi connectivity index (χ4n) is 3.33. The molecule has 0 amide bonds. The molecule has 1 unspecified atom stereocenters. The summed E-state index contributed by atoms with van der Waals surface area (Å²) < 4.78 is 18.3. The summed E-state index contributed by atoms with van der Waals surface area (Å²) >= 11 is 0. The van der Waals surface area contributed by atoms with Gasteiger partial charge in [-0.3, -0.25) is 9.80 Å². The molecule has 1 saturated heterocycles. The van der Waals surface area contributed by atoms with Gasteiger partial charge in [0.25, 0.3) is 0 Å². The van der Waals surface area contributed by atoms with Crippen molar-refractivity contribution in [1.82, 2.24) is 19.9 Å². The number of nitrogens with zero attached hydrogens (tertiary/aromatic N) is 5. The van der Waals surface area contributed by atoms with Crippen molar-refractivity contribution in [2.24, 2.45) is 0 Å². The van der Waals surface area contributed by atoms with Gasteiger partial charge in [-0.15, -0.1) is 0 Å². The van der Waals surface area contributed by atoms with E-state index in [9.17, 15) is 9.65 Å². The molecule has 132 valence electrons. The van der Waals surface area contributed by atoms with Crippen LogP contribution in [-0.4, -0.2) is 46.1 Å². The molecule has 2 heterocycles. The minimum Gasteiger partial charge on any atom is -0.340 e. The number of aryl methyl sites for hydroxylation is 1. The van der Waals surface area contributed by atoms with E-state index in [1.54, 1.807) is 13.0 Å². The second-order valence-electron chi connectivity index (χ2n) is 6.59. The van der Waals surface area contributed by atoms with E-state index in [0.717, 1.165) is 31.5 Å². The largest absolute Gasteiger partial charge is 0.340 e. The summed E-state index contributed by atoms with van der Waals surface area (Å²) in [7, 11) is 2.05. The van der Waals surface area contributed by atoms with E-state index in [2.05, 4.69) is 33.1 Å². The molecule has 1 aliphatic heterocycles. The van der Waals surface area contributed by atoms with E-state index >= 15 is 0 Å². The SMILES string of the molecule is Cc1nc(CN2CCCC(N(C)Cc3ccc(F)cc3C#N)C2)no1. The van der Waals surface area contributed by atoms with Gasteiger partial charge in [0.15, 0.2) is 5.82 Å². The molecule has 0 aliphatic carbocycles. The number of rotatable bonds is 5. The molecule has 0 saturated carbocycles. The summed E-state index contributed by atoms with van der Waals surface area (Å²) in [6.07, 6.45) is 2.20. The lowest BCUT2D eigenvalue weighted by Crippen LogP contribution is -2.46. The summed E-state index contributed by atoms with van der Waals surface area (Å²) in [5, 5.41) is 13.2. The summed E-state index contributed by atoms with van der Waals surface area (Å²) in [4.78, 5) is 8.83. The Labute approximate surface area is 146 Å². The van der Waals surface area contributed by atoms with Crippen molar-refractivity contribution in [1.29, 1.82) is 5.26 Å². The number of likely N-dealkylation sites (N-methyl/N-ethyl adjacent to an activating group) is 1. The van der Waals surface area contributed by atoms with Crippen LogP contribution in [0.4, 0.5) is 4.39 Å². The molecule has 0 spiro atoms. The third-order valence-corrected chi connectivity index (χ3v) is 4.65. The van der Waals surface area contributed by atoms with Crippen molar-refractivity contribution in [3.8, 4) is 6.07 Å². The normalized spacial score (nSPS) is 18.4. The zero-order valence-electron chi connectivity index (χ0n) is 14.6. The zero-order chi connectivity index (χ0) is 17.8. The molecule has 3 rings (SSSR count). The monoisotopic (exact) mass is 343 g/mol. The molecule has 1 aromatic heterocycles. The van der Waals surface area contributed by atoms with Gasteiger partial charge in [0, 0.05) is 26.1 Å². The molecule has 25 heavy (non-hydrogen) atoms. The number of nitriles is 1. The Bertz CT molecular complexity index is 769. The maximum absolute atomic E-state index is 13.3. The lowest BCUT2D eigenvalue weighted by Gasteiger charge is -2.37. The van der Waals surface area contributed by atoms with Crippen molar-refractivity contribution < 1.29 is 8.91 Å². The van der Waals surface area contributed by atoms with Crippen LogP contribution in [0.2, 0.25) is 0 Å². The molecular formula is C18H22FN5O. The van der Waals surface area contributed by atoms with Crippen molar-refractivity contribution in [3.63, 3.8) is 0 Å². The highest BCUT2D eigenvalue weighted by atomic mass is 19.1. The molecule has 1 aliphatic rings. The Kier molecular flexibility index (Phi) is 5.41. The minimum atomic E-state index is -0.373. The molecule has 1 aromatic carbocycles. The van der Waals surface area contributed by atoms with Gasteiger partial charge in [-0.05, 0) is 44.1 Å². The van der Waals surface area contributed by atoms with Gasteiger partial charge in [-0.25, -0.2) is 4.39 Å². The van der Waals surface area contributed by atoms with Crippen LogP contribution in [-0.2, 0) is 13.1 Å². The van der Waals surface area contributed by atoms with Crippen molar-refractivity contribution >= 4 is 0 Å². The fraction of sp³-hybridized carbons (Fsp3) is 0.500. The highest BCUT2D eigenvalue weighted by Crippen LogP contribution is 2.20. The van der Waals surface area contributed by atoms with Gasteiger partial charge in [-0.2, -0.15) is 10.2 Å². The van der Waals surface area contributed by atoms with E-state index in [0.29, 0.717) is 36.4 Å². The summed E-state index contributed by atoms with van der Waals surface area (Å²) in [6.45, 7) is 5.02. The highest BCUT2D eigenvalue weighted by molar-refractivity contribution is 5.37. The average molecular weight is 343 g/mol. The molecule has 0 bridgehead atoms. The number of halogens is 1. The molecule has 1 atom stereocenters. The predicted molar refractivity (Wildman–Crippen MR) is 89.9 cm³/mol. The highest BCUT2D eigenvalue weighted by Gasteiger charge is 2.24. The van der Waals surface area contributed by atoms with Gasteiger partial charge in [0.05, 0.1) is 18.2 Å². The van der Waals surface area contributed by atoms with Crippen LogP contribution < -0.4 is 0 Å². The van der Waals surface area contributed by atoms with E-state index in [-0.39, 0.29) is 5.82 Å². The van der Waals surface area contributed by atoms with Crippen LogP contribution in [0.1, 0.15) is 35.7 Å². The lowest BCUT2D eigenvalue weighted by molar-refractivity contribution is 0.105.